The Morgan fingerprint density at radius 1 is 0.722 bits per heavy atom. The normalized spacial score (nSPS) is 31.5. The molecule has 0 spiro atoms. The fourth-order valence-electron chi connectivity index (χ4n) is 7.68. The van der Waals surface area contributed by atoms with Crippen molar-refractivity contribution in [3.05, 3.63) is 29.3 Å². The summed E-state index contributed by atoms with van der Waals surface area (Å²) < 4.78 is 45.2. The molecule has 0 unspecified atom stereocenters. The van der Waals surface area contributed by atoms with Crippen LogP contribution >= 0.6 is 0 Å². The third kappa shape index (κ3) is 6.81. The molecule has 4 rings (SSSR count). The van der Waals surface area contributed by atoms with E-state index >= 15 is 0 Å². The van der Waals surface area contributed by atoms with Gasteiger partial charge < -0.3 is 14.2 Å². The Morgan fingerprint density at radius 2 is 1.25 bits per heavy atom. The maximum atomic E-state index is 14.6. The van der Waals surface area contributed by atoms with Crippen LogP contribution in [0.25, 0.3) is 0 Å². The standard InChI is InChI=1S/C31H48F2O3/c1-4-36-28-20-19-27(29(32)30(28)33)25-13-9-22(10-14-25)6-5-21-7-11-23(12-8-21)24-15-17-26(18-16-24)31(34-2)35-3/h19-26,31H,4-18H2,1-3H3. The van der Waals surface area contributed by atoms with Gasteiger partial charge in [0.25, 0.3) is 0 Å². The van der Waals surface area contributed by atoms with Crippen LogP contribution in [0.1, 0.15) is 108 Å². The SMILES string of the molecule is CCOc1ccc(C2CCC(CCC3CCC(C4CCC(C(OC)OC)CC4)CC3)CC2)c(F)c1F. The Morgan fingerprint density at radius 3 is 1.78 bits per heavy atom. The smallest absolute Gasteiger partial charge is 0.200 e. The largest absolute Gasteiger partial charge is 0.491 e. The summed E-state index contributed by atoms with van der Waals surface area (Å²) >= 11 is 0. The molecule has 0 amide bonds. The lowest BCUT2D eigenvalue weighted by molar-refractivity contribution is -0.146. The molecule has 3 fully saturated rings. The van der Waals surface area contributed by atoms with Crippen LogP contribution in [0.3, 0.4) is 0 Å². The molecule has 0 heterocycles. The first-order valence-electron chi connectivity index (χ1n) is 14.7. The van der Waals surface area contributed by atoms with Gasteiger partial charge in [-0.15, -0.1) is 0 Å². The highest BCUT2D eigenvalue weighted by Crippen LogP contribution is 2.45. The van der Waals surface area contributed by atoms with E-state index in [0.29, 0.717) is 18.1 Å². The zero-order valence-electron chi connectivity index (χ0n) is 22.8. The predicted molar refractivity (Wildman–Crippen MR) is 140 cm³/mol. The summed E-state index contributed by atoms with van der Waals surface area (Å²) in [6.45, 7) is 2.12. The topological polar surface area (TPSA) is 27.7 Å². The summed E-state index contributed by atoms with van der Waals surface area (Å²) in [5.41, 5.74) is 0.543. The number of rotatable bonds is 10. The Balaban J connectivity index is 1.14. The van der Waals surface area contributed by atoms with Crippen LogP contribution in [-0.4, -0.2) is 27.1 Å². The van der Waals surface area contributed by atoms with E-state index in [1.165, 1.54) is 64.2 Å². The van der Waals surface area contributed by atoms with Crippen molar-refractivity contribution in [3.8, 4) is 5.75 Å². The molecular weight excluding hydrogens is 458 g/mol. The van der Waals surface area contributed by atoms with Gasteiger partial charge in [-0.05, 0) is 112 Å². The second-order valence-electron chi connectivity index (χ2n) is 11.8. The molecule has 3 nitrogen and oxygen atoms in total. The Hall–Kier alpha value is -1.20. The molecular formula is C31H48F2O3. The number of hydrogen-bond acceptors (Lipinski definition) is 3. The molecule has 0 saturated heterocycles. The third-order valence-corrected chi connectivity index (χ3v) is 9.87. The first-order valence-corrected chi connectivity index (χ1v) is 14.7. The van der Waals surface area contributed by atoms with Gasteiger partial charge in [0.1, 0.15) is 0 Å². The molecule has 3 aliphatic rings. The molecule has 3 aliphatic carbocycles. The molecule has 0 aliphatic heterocycles. The molecule has 204 valence electrons. The molecule has 36 heavy (non-hydrogen) atoms. The summed E-state index contributed by atoms with van der Waals surface area (Å²) in [4.78, 5) is 0. The number of ether oxygens (including phenoxy) is 3. The maximum absolute atomic E-state index is 14.6. The van der Waals surface area contributed by atoms with Crippen LogP contribution in [0.4, 0.5) is 8.78 Å². The van der Waals surface area contributed by atoms with Gasteiger partial charge in [-0.25, -0.2) is 4.39 Å². The fraction of sp³-hybridized carbons (Fsp3) is 0.806. The highest BCUT2D eigenvalue weighted by atomic mass is 19.2. The van der Waals surface area contributed by atoms with E-state index in [2.05, 4.69) is 0 Å². The predicted octanol–water partition coefficient (Wildman–Crippen LogP) is 8.65. The first kappa shape index (κ1) is 27.8. The van der Waals surface area contributed by atoms with Crippen LogP contribution in [0.5, 0.6) is 5.75 Å². The van der Waals surface area contributed by atoms with E-state index in [1.54, 1.807) is 33.3 Å². The van der Waals surface area contributed by atoms with E-state index in [-0.39, 0.29) is 18.0 Å². The van der Waals surface area contributed by atoms with Crippen molar-refractivity contribution in [2.24, 2.45) is 29.6 Å². The van der Waals surface area contributed by atoms with Crippen LogP contribution in [0, 0.1) is 41.2 Å². The van der Waals surface area contributed by atoms with E-state index in [1.807, 2.05) is 0 Å². The summed E-state index contributed by atoms with van der Waals surface area (Å²) in [6, 6.07) is 3.34. The van der Waals surface area contributed by atoms with Gasteiger partial charge in [-0.3, -0.25) is 0 Å². The Kier molecular flexibility index (Phi) is 10.5. The van der Waals surface area contributed by atoms with Gasteiger partial charge in [0.2, 0.25) is 5.82 Å². The van der Waals surface area contributed by atoms with Crippen LogP contribution in [-0.2, 0) is 9.47 Å². The van der Waals surface area contributed by atoms with Crippen molar-refractivity contribution in [1.82, 2.24) is 0 Å². The molecule has 0 aromatic heterocycles. The van der Waals surface area contributed by atoms with Gasteiger partial charge in [-0.2, -0.15) is 4.39 Å². The zero-order chi connectivity index (χ0) is 25.5. The van der Waals surface area contributed by atoms with Gasteiger partial charge in [0.15, 0.2) is 17.9 Å². The second-order valence-corrected chi connectivity index (χ2v) is 11.8. The number of hydrogen-bond donors (Lipinski definition) is 0. The van der Waals surface area contributed by atoms with Gasteiger partial charge in [0, 0.05) is 20.1 Å². The molecule has 0 bridgehead atoms. The minimum absolute atomic E-state index is 0.0284. The lowest BCUT2D eigenvalue weighted by atomic mass is 9.68. The van der Waals surface area contributed by atoms with E-state index in [0.717, 1.165) is 49.4 Å². The van der Waals surface area contributed by atoms with Crippen molar-refractivity contribution in [3.63, 3.8) is 0 Å². The maximum Gasteiger partial charge on any atom is 0.200 e. The monoisotopic (exact) mass is 506 g/mol. The van der Waals surface area contributed by atoms with Crippen LogP contribution in [0.2, 0.25) is 0 Å². The molecule has 5 heteroatoms. The van der Waals surface area contributed by atoms with Crippen LogP contribution < -0.4 is 4.74 Å². The van der Waals surface area contributed by atoms with Crippen LogP contribution in [0.15, 0.2) is 12.1 Å². The molecule has 0 radical (unpaired) electrons. The highest BCUT2D eigenvalue weighted by molar-refractivity contribution is 5.33. The molecule has 3 saturated carbocycles. The summed E-state index contributed by atoms with van der Waals surface area (Å²) in [5, 5.41) is 0. The average Bonchev–Trinajstić information content (AvgIpc) is 2.92. The fourth-order valence-corrected chi connectivity index (χ4v) is 7.68. The quantitative estimate of drug-likeness (QED) is 0.297. The molecule has 0 atom stereocenters. The summed E-state index contributed by atoms with van der Waals surface area (Å²) in [7, 11) is 3.52. The molecule has 1 aromatic carbocycles. The zero-order valence-corrected chi connectivity index (χ0v) is 22.8. The third-order valence-electron chi connectivity index (χ3n) is 9.87. The number of benzene rings is 1. The second kappa shape index (κ2) is 13.6. The van der Waals surface area contributed by atoms with Gasteiger partial charge >= 0.3 is 0 Å². The first-order chi connectivity index (χ1) is 17.5. The number of halogens is 2. The minimum Gasteiger partial charge on any atom is -0.491 e. The highest BCUT2D eigenvalue weighted by Gasteiger charge is 2.34. The van der Waals surface area contributed by atoms with Crippen molar-refractivity contribution in [2.45, 2.75) is 109 Å². The lowest BCUT2D eigenvalue weighted by Crippen LogP contribution is -2.32. The van der Waals surface area contributed by atoms with E-state index in [9.17, 15) is 8.78 Å². The lowest BCUT2D eigenvalue weighted by Gasteiger charge is -2.39. The van der Waals surface area contributed by atoms with Crippen molar-refractivity contribution in [2.75, 3.05) is 20.8 Å². The van der Waals surface area contributed by atoms with Crippen molar-refractivity contribution >= 4 is 0 Å². The van der Waals surface area contributed by atoms with Gasteiger partial charge in [0.05, 0.1) is 6.61 Å². The molecule has 1 aromatic rings. The Labute approximate surface area is 217 Å². The summed E-state index contributed by atoms with van der Waals surface area (Å²) in [5.74, 6) is 2.67. The van der Waals surface area contributed by atoms with Gasteiger partial charge in [-0.1, -0.05) is 31.7 Å². The molecule has 0 N–H and O–H groups in total. The Bertz CT molecular complexity index is 787. The average molecular weight is 507 g/mol. The van der Waals surface area contributed by atoms with Crippen molar-refractivity contribution < 1.29 is 23.0 Å². The van der Waals surface area contributed by atoms with Crippen molar-refractivity contribution in [1.29, 1.82) is 0 Å². The number of methoxy groups -OCH3 is 2. The van der Waals surface area contributed by atoms with E-state index in [4.69, 9.17) is 14.2 Å². The summed E-state index contributed by atoms with van der Waals surface area (Å²) in [6.07, 6.45) is 17.6. The minimum atomic E-state index is -0.825. The van der Waals surface area contributed by atoms with E-state index < -0.39 is 11.6 Å².